The molecule has 1 aliphatic rings. The summed E-state index contributed by atoms with van der Waals surface area (Å²) in [4.78, 5) is 22.7. The lowest BCUT2D eigenvalue weighted by molar-refractivity contribution is -0.384. The number of rotatable bonds is 4. The highest BCUT2D eigenvalue weighted by molar-refractivity contribution is 6.16. The number of ether oxygens (including phenoxy) is 3. The Morgan fingerprint density at radius 1 is 1.12 bits per heavy atom. The molecule has 0 unspecified atom stereocenters. The molecule has 3 rings (SSSR count). The van der Waals surface area contributed by atoms with Gasteiger partial charge in [0.2, 0.25) is 5.78 Å². The molecular weight excluding hydrogens is 314 g/mol. The molecule has 2 aromatic carbocycles. The number of nitro benzene ring substituents is 1. The minimum Gasteiger partial charge on any atom is -0.496 e. The van der Waals surface area contributed by atoms with Gasteiger partial charge in [-0.15, -0.1) is 0 Å². The van der Waals surface area contributed by atoms with E-state index in [1.165, 1.54) is 32.4 Å². The number of hydrogen-bond acceptors (Lipinski definition) is 6. The third-order valence-corrected chi connectivity index (χ3v) is 3.57. The van der Waals surface area contributed by atoms with E-state index in [-0.39, 0.29) is 17.2 Å². The van der Waals surface area contributed by atoms with Crippen LogP contribution >= 0.6 is 0 Å². The van der Waals surface area contributed by atoms with Crippen LogP contribution in [0.1, 0.15) is 15.9 Å². The van der Waals surface area contributed by atoms with E-state index in [0.717, 1.165) is 0 Å². The van der Waals surface area contributed by atoms with Crippen LogP contribution in [0.4, 0.5) is 5.69 Å². The summed E-state index contributed by atoms with van der Waals surface area (Å²) in [5, 5.41) is 10.7. The number of hydrogen-bond donors (Lipinski definition) is 0. The van der Waals surface area contributed by atoms with E-state index in [9.17, 15) is 14.9 Å². The van der Waals surface area contributed by atoms with Crippen LogP contribution in [-0.2, 0) is 0 Å². The van der Waals surface area contributed by atoms with Crippen molar-refractivity contribution in [2.45, 2.75) is 0 Å². The van der Waals surface area contributed by atoms with Crippen molar-refractivity contribution in [1.29, 1.82) is 0 Å². The van der Waals surface area contributed by atoms with E-state index in [2.05, 4.69) is 0 Å². The molecule has 0 saturated carbocycles. The summed E-state index contributed by atoms with van der Waals surface area (Å²) < 4.78 is 16.0. The zero-order chi connectivity index (χ0) is 17.3. The van der Waals surface area contributed by atoms with Crippen molar-refractivity contribution in [2.24, 2.45) is 0 Å². The molecule has 7 nitrogen and oxygen atoms in total. The van der Waals surface area contributed by atoms with E-state index in [1.54, 1.807) is 24.3 Å². The number of carbonyl (C=O) groups excluding carboxylic acids is 1. The highest BCUT2D eigenvalue weighted by Gasteiger charge is 2.32. The molecule has 2 aromatic rings. The van der Waals surface area contributed by atoms with E-state index < -0.39 is 4.92 Å². The number of fused-ring (bicyclic) bond motifs is 1. The molecule has 0 N–H and O–H groups in total. The van der Waals surface area contributed by atoms with E-state index >= 15 is 0 Å². The Hall–Kier alpha value is -3.35. The van der Waals surface area contributed by atoms with Crippen LogP contribution in [0.2, 0.25) is 0 Å². The third-order valence-electron chi connectivity index (χ3n) is 3.57. The molecule has 0 amide bonds. The lowest BCUT2D eigenvalue weighted by atomic mass is 10.1. The Morgan fingerprint density at radius 2 is 1.83 bits per heavy atom. The first-order valence-corrected chi connectivity index (χ1v) is 6.98. The van der Waals surface area contributed by atoms with Crippen molar-refractivity contribution in [2.75, 3.05) is 14.2 Å². The van der Waals surface area contributed by atoms with Gasteiger partial charge in [-0.2, -0.15) is 0 Å². The molecule has 0 fully saturated rings. The second kappa shape index (κ2) is 6.04. The fourth-order valence-corrected chi connectivity index (χ4v) is 2.38. The first kappa shape index (κ1) is 15.5. The van der Waals surface area contributed by atoms with Crippen molar-refractivity contribution in [1.82, 2.24) is 0 Å². The molecule has 1 heterocycles. The average Bonchev–Trinajstić information content (AvgIpc) is 2.90. The smallest absolute Gasteiger partial charge is 0.269 e. The van der Waals surface area contributed by atoms with Gasteiger partial charge in [0.05, 0.1) is 19.1 Å². The van der Waals surface area contributed by atoms with Crippen molar-refractivity contribution in [3.8, 4) is 17.2 Å². The second-order valence-electron chi connectivity index (χ2n) is 4.99. The summed E-state index contributed by atoms with van der Waals surface area (Å²) in [5.74, 6) is 1.02. The SMILES string of the molecule is COc1cc(OC)c2c(c1)O/C(=C\c1ccc([N+](=O)[O-])cc1)C2=O. The number of non-ortho nitro benzene ring substituents is 1. The van der Waals surface area contributed by atoms with Gasteiger partial charge in [0.15, 0.2) is 5.76 Å². The highest BCUT2D eigenvalue weighted by atomic mass is 16.6. The van der Waals surface area contributed by atoms with Crippen molar-refractivity contribution < 1.29 is 23.9 Å². The maximum Gasteiger partial charge on any atom is 0.269 e. The first-order valence-electron chi connectivity index (χ1n) is 6.98. The Bertz CT molecular complexity index is 854. The van der Waals surface area contributed by atoms with Crippen LogP contribution in [-0.4, -0.2) is 24.9 Å². The Morgan fingerprint density at radius 3 is 2.42 bits per heavy atom. The molecule has 24 heavy (non-hydrogen) atoms. The molecule has 0 aliphatic carbocycles. The van der Waals surface area contributed by atoms with Crippen LogP contribution in [0, 0.1) is 10.1 Å². The van der Waals surface area contributed by atoms with Gasteiger partial charge in [-0.25, -0.2) is 0 Å². The van der Waals surface area contributed by atoms with Crippen molar-refractivity contribution in [3.05, 3.63) is 63.4 Å². The quantitative estimate of drug-likeness (QED) is 0.487. The van der Waals surface area contributed by atoms with Gasteiger partial charge in [0.25, 0.3) is 5.69 Å². The van der Waals surface area contributed by atoms with Crippen molar-refractivity contribution >= 4 is 17.5 Å². The summed E-state index contributed by atoms with van der Waals surface area (Å²) in [6, 6.07) is 9.03. The molecule has 0 saturated heterocycles. The summed E-state index contributed by atoms with van der Waals surface area (Å²) in [7, 11) is 2.96. The van der Waals surface area contributed by atoms with E-state index in [4.69, 9.17) is 14.2 Å². The molecule has 0 spiro atoms. The predicted octanol–water partition coefficient (Wildman–Crippen LogP) is 3.23. The lowest BCUT2D eigenvalue weighted by Crippen LogP contribution is -2.00. The van der Waals surface area contributed by atoms with E-state index in [0.29, 0.717) is 28.4 Å². The minimum absolute atomic E-state index is 0.0227. The van der Waals surface area contributed by atoms with Gasteiger partial charge in [-0.05, 0) is 23.8 Å². The third kappa shape index (κ3) is 2.67. The Labute approximate surface area is 137 Å². The number of carbonyl (C=O) groups is 1. The number of nitrogens with zero attached hydrogens (tertiary/aromatic N) is 1. The monoisotopic (exact) mass is 327 g/mol. The van der Waals surface area contributed by atoms with Gasteiger partial charge in [-0.3, -0.25) is 14.9 Å². The van der Waals surface area contributed by atoms with E-state index in [1.807, 2.05) is 0 Å². The molecule has 0 aromatic heterocycles. The molecule has 0 atom stereocenters. The van der Waals surface area contributed by atoms with Gasteiger partial charge in [-0.1, -0.05) is 0 Å². The first-order chi connectivity index (χ1) is 11.5. The standard InChI is InChI=1S/C17H13NO6/c1-22-12-8-13(23-2)16-14(9-12)24-15(17(16)19)7-10-3-5-11(6-4-10)18(20)21/h3-9H,1-2H3/b15-7-. The number of allylic oxidation sites excluding steroid dienone is 1. The number of ketones is 1. The maximum absolute atomic E-state index is 12.5. The minimum atomic E-state index is -0.485. The molecular formula is C17H13NO6. The number of benzene rings is 2. The summed E-state index contributed by atoms with van der Waals surface area (Å²) in [6.45, 7) is 0. The zero-order valence-corrected chi connectivity index (χ0v) is 12.9. The number of nitro groups is 1. The lowest BCUT2D eigenvalue weighted by Gasteiger charge is -2.07. The maximum atomic E-state index is 12.5. The van der Waals surface area contributed by atoms with Crippen LogP contribution < -0.4 is 14.2 Å². The summed E-state index contributed by atoms with van der Waals surface area (Å²) in [5.41, 5.74) is 0.916. The normalized spacial score (nSPS) is 14.2. The summed E-state index contributed by atoms with van der Waals surface area (Å²) >= 11 is 0. The molecule has 0 bridgehead atoms. The van der Waals surface area contributed by atoms with Gasteiger partial charge >= 0.3 is 0 Å². The van der Waals surface area contributed by atoms with Crippen LogP contribution in [0.3, 0.4) is 0 Å². The van der Waals surface area contributed by atoms with Gasteiger partial charge in [0, 0.05) is 24.3 Å². The van der Waals surface area contributed by atoms with Gasteiger partial charge in [0.1, 0.15) is 22.8 Å². The van der Waals surface area contributed by atoms with Gasteiger partial charge < -0.3 is 14.2 Å². The zero-order valence-electron chi connectivity index (χ0n) is 12.9. The number of methoxy groups -OCH3 is 2. The molecule has 1 aliphatic heterocycles. The largest absolute Gasteiger partial charge is 0.496 e. The topological polar surface area (TPSA) is 87.9 Å². The fourth-order valence-electron chi connectivity index (χ4n) is 2.38. The van der Waals surface area contributed by atoms with Crippen molar-refractivity contribution in [3.63, 3.8) is 0 Å². The van der Waals surface area contributed by atoms with Crippen LogP contribution in [0.5, 0.6) is 17.2 Å². The Kier molecular flexibility index (Phi) is 3.91. The number of Topliss-reactive ketones (excluding diaryl/α,β-unsaturated/α-hetero) is 1. The Balaban J connectivity index is 1.97. The second-order valence-corrected chi connectivity index (χ2v) is 4.99. The summed E-state index contributed by atoms with van der Waals surface area (Å²) in [6.07, 6.45) is 1.53. The molecule has 0 radical (unpaired) electrons. The predicted molar refractivity (Wildman–Crippen MR) is 85.6 cm³/mol. The highest BCUT2D eigenvalue weighted by Crippen LogP contribution is 2.41. The van der Waals surface area contributed by atoms with Crippen LogP contribution in [0.15, 0.2) is 42.2 Å². The average molecular weight is 327 g/mol. The van der Waals surface area contributed by atoms with Crippen LogP contribution in [0.25, 0.3) is 6.08 Å². The fraction of sp³-hybridized carbons (Fsp3) is 0.118. The molecule has 122 valence electrons. The molecule has 7 heteroatoms.